The van der Waals surface area contributed by atoms with Crippen LogP contribution >= 0.6 is 0 Å². The number of aryl methyl sites for hydroxylation is 1. The Balaban J connectivity index is 1.63. The molecule has 1 unspecified atom stereocenters. The summed E-state index contributed by atoms with van der Waals surface area (Å²) in [6.45, 7) is 0. The first kappa shape index (κ1) is 14.2. The Labute approximate surface area is 126 Å². The molecule has 8 heteroatoms. The molecule has 3 rings (SSSR count). The summed E-state index contributed by atoms with van der Waals surface area (Å²) < 4.78 is 0. The smallest absolute Gasteiger partial charge is 0.202 e. The van der Waals surface area contributed by atoms with Gasteiger partial charge in [-0.1, -0.05) is 17.3 Å². The zero-order valence-electron chi connectivity index (χ0n) is 11.9. The number of anilines is 1. The van der Waals surface area contributed by atoms with Crippen molar-refractivity contribution in [1.29, 1.82) is 0 Å². The largest absolute Gasteiger partial charge is 0.399 e. The number of hydrogen-bond acceptors (Lipinski definition) is 6. The Morgan fingerprint density at radius 2 is 2.05 bits per heavy atom. The molecule has 2 heterocycles. The van der Waals surface area contributed by atoms with Crippen molar-refractivity contribution < 1.29 is 5.11 Å². The summed E-state index contributed by atoms with van der Waals surface area (Å²) in [5, 5.41) is 30.4. The van der Waals surface area contributed by atoms with Crippen LogP contribution < -0.4 is 5.73 Å². The molecule has 0 aliphatic rings. The number of H-pyrrole nitrogens is 2. The predicted molar refractivity (Wildman–Crippen MR) is 79.7 cm³/mol. The third-order valence-corrected chi connectivity index (χ3v) is 3.51. The normalized spacial score (nSPS) is 12.4. The highest BCUT2D eigenvalue weighted by Gasteiger charge is 2.14. The summed E-state index contributed by atoms with van der Waals surface area (Å²) >= 11 is 0. The number of hydrogen-bond donors (Lipinski definition) is 4. The number of aromatic nitrogens is 6. The van der Waals surface area contributed by atoms with E-state index in [9.17, 15) is 5.11 Å². The minimum absolute atomic E-state index is 0.305. The molecule has 0 radical (unpaired) electrons. The van der Waals surface area contributed by atoms with E-state index in [0.717, 1.165) is 28.9 Å². The number of nitrogen functional groups attached to an aromatic ring is 1. The highest BCUT2D eigenvalue weighted by molar-refractivity contribution is 5.40. The fourth-order valence-corrected chi connectivity index (χ4v) is 2.28. The van der Waals surface area contributed by atoms with Crippen molar-refractivity contribution in [1.82, 2.24) is 30.8 Å². The molecule has 0 saturated carbocycles. The molecule has 0 spiro atoms. The van der Waals surface area contributed by atoms with Crippen LogP contribution in [-0.2, 0) is 12.8 Å². The lowest BCUT2D eigenvalue weighted by Gasteiger charge is -2.07. The molecular formula is C14H17N7O. The Hall–Kier alpha value is -2.74. The number of nitrogens with zero attached hydrogens (tertiary/aromatic N) is 4. The molecule has 114 valence electrons. The molecule has 1 atom stereocenters. The van der Waals surface area contributed by atoms with Gasteiger partial charge >= 0.3 is 0 Å². The van der Waals surface area contributed by atoms with E-state index in [1.807, 2.05) is 30.5 Å². The van der Waals surface area contributed by atoms with Gasteiger partial charge in [-0.15, -0.1) is 10.2 Å². The lowest BCUT2D eigenvalue weighted by atomic mass is 10.0. The van der Waals surface area contributed by atoms with E-state index in [0.29, 0.717) is 18.7 Å². The van der Waals surface area contributed by atoms with Gasteiger partial charge in [0.05, 0.1) is 6.20 Å². The van der Waals surface area contributed by atoms with Crippen molar-refractivity contribution in [2.45, 2.75) is 25.4 Å². The summed E-state index contributed by atoms with van der Waals surface area (Å²) in [6.07, 6.45) is 2.99. The number of benzene rings is 1. The topological polar surface area (TPSA) is 129 Å². The van der Waals surface area contributed by atoms with Gasteiger partial charge in [-0.3, -0.25) is 5.10 Å². The number of aliphatic hydroxyl groups excluding tert-OH is 1. The second-order valence-electron chi connectivity index (χ2n) is 5.12. The second-order valence-corrected chi connectivity index (χ2v) is 5.12. The number of rotatable bonds is 6. The number of aliphatic hydroxyl groups is 1. The lowest BCUT2D eigenvalue weighted by Crippen LogP contribution is -2.04. The monoisotopic (exact) mass is 299 g/mol. The third kappa shape index (κ3) is 3.29. The molecule has 0 amide bonds. The number of tetrazole rings is 1. The molecule has 5 N–H and O–H groups in total. The van der Waals surface area contributed by atoms with Crippen LogP contribution in [0.3, 0.4) is 0 Å². The van der Waals surface area contributed by atoms with Crippen molar-refractivity contribution in [3.05, 3.63) is 53.1 Å². The minimum Gasteiger partial charge on any atom is -0.399 e. The first-order valence-corrected chi connectivity index (χ1v) is 6.99. The fraction of sp³-hybridized carbons (Fsp3) is 0.286. The van der Waals surface area contributed by atoms with E-state index in [-0.39, 0.29) is 0 Å². The van der Waals surface area contributed by atoms with Crippen molar-refractivity contribution in [2.75, 3.05) is 5.73 Å². The van der Waals surface area contributed by atoms with Gasteiger partial charge in [0.1, 0.15) is 6.10 Å². The summed E-state index contributed by atoms with van der Waals surface area (Å²) in [7, 11) is 0. The summed E-state index contributed by atoms with van der Waals surface area (Å²) in [5.74, 6) is 0.305. The average Bonchev–Trinajstić information content (AvgIpc) is 3.19. The molecule has 0 saturated heterocycles. The van der Waals surface area contributed by atoms with Gasteiger partial charge in [0, 0.05) is 17.8 Å². The minimum atomic E-state index is -0.744. The lowest BCUT2D eigenvalue weighted by molar-refractivity contribution is 0.157. The van der Waals surface area contributed by atoms with Crippen LogP contribution in [-0.4, -0.2) is 35.9 Å². The van der Waals surface area contributed by atoms with Gasteiger partial charge in [-0.2, -0.15) is 10.3 Å². The van der Waals surface area contributed by atoms with Gasteiger partial charge in [-0.05, 0) is 36.1 Å². The first-order chi connectivity index (χ1) is 10.7. The SMILES string of the molecule is Nc1ccc(Cc2cn[nH]c2CCC(O)c2nn[nH]n2)cc1. The van der Waals surface area contributed by atoms with Crippen molar-refractivity contribution in [2.24, 2.45) is 0 Å². The van der Waals surface area contributed by atoms with Crippen molar-refractivity contribution in [3.63, 3.8) is 0 Å². The highest BCUT2D eigenvalue weighted by atomic mass is 16.3. The quantitative estimate of drug-likeness (QED) is 0.497. The van der Waals surface area contributed by atoms with Crippen LogP contribution in [0.2, 0.25) is 0 Å². The Morgan fingerprint density at radius 3 is 2.77 bits per heavy atom. The number of aromatic amines is 2. The second kappa shape index (κ2) is 6.35. The fourth-order valence-electron chi connectivity index (χ4n) is 2.28. The maximum Gasteiger partial charge on any atom is 0.202 e. The predicted octanol–water partition coefficient (Wildman–Crippen LogP) is 0.762. The van der Waals surface area contributed by atoms with Gasteiger partial charge in [0.2, 0.25) is 5.82 Å². The molecule has 0 aliphatic heterocycles. The van der Waals surface area contributed by atoms with E-state index in [4.69, 9.17) is 5.73 Å². The average molecular weight is 299 g/mol. The van der Waals surface area contributed by atoms with Gasteiger partial charge < -0.3 is 10.8 Å². The molecule has 0 aliphatic carbocycles. The summed E-state index contributed by atoms with van der Waals surface area (Å²) in [5.41, 5.74) is 9.70. The van der Waals surface area contributed by atoms with E-state index >= 15 is 0 Å². The van der Waals surface area contributed by atoms with Crippen LogP contribution in [0.15, 0.2) is 30.5 Å². The van der Waals surface area contributed by atoms with Crippen LogP contribution in [0.25, 0.3) is 0 Å². The third-order valence-electron chi connectivity index (χ3n) is 3.51. The molecule has 1 aromatic carbocycles. The molecular weight excluding hydrogens is 282 g/mol. The number of nitrogens with one attached hydrogen (secondary N) is 2. The molecule has 22 heavy (non-hydrogen) atoms. The van der Waals surface area contributed by atoms with E-state index in [1.165, 1.54) is 0 Å². The van der Waals surface area contributed by atoms with Crippen molar-refractivity contribution in [3.8, 4) is 0 Å². The van der Waals surface area contributed by atoms with Gasteiger partial charge in [-0.25, -0.2) is 0 Å². The Morgan fingerprint density at radius 1 is 1.23 bits per heavy atom. The highest BCUT2D eigenvalue weighted by Crippen LogP contribution is 2.18. The molecule has 3 aromatic rings. The van der Waals surface area contributed by atoms with Crippen LogP contribution in [0.4, 0.5) is 5.69 Å². The molecule has 0 fully saturated rings. The molecule has 8 nitrogen and oxygen atoms in total. The van der Waals surface area contributed by atoms with Crippen LogP contribution in [0, 0.1) is 0 Å². The van der Waals surface area contributed by atoms with Crippen LogP contribution in [0.1, 0.15) is 35.2 Å². The standard InChI is InChI=1S/C14H17N7O/c15-11-3-1-9(2-4-11)7-10-8-16-17-12(10)5-6-13(22)14-18-20-21-19-14/h1-4,8,13,22H,5-7,15H2,(H,16,17)(H,18,19,20,21). The Kier molecular flexibility index (Phi) is 4.10. The van der Waals surface area contributed by atoms with E-state index < -0.39 is 6.10 Å². The molecule has 0 bridgehead atoms. The van der Waals surface area contributed by atoms with Crippen molar-refractivity contribution >= 4 is 5.69 Å². The Bertz CT molecular complexity index is 705. The van der Waals surface area contributed by atoms with Crippen LogP contribution in [0.5, 0.6) is 0 Å². The van der Waals surface area contributed by atoms with E-state index in [1.54, 1.807) is 0 Å². The summed E-state index contributed by atoms with van der Waals surface area (Å²) in [4.78, 5) is 0. The zero-order valence-corrected chi connectivity index (χ0v) is 11.9. The maximum atomic E-state index is 9.99. The van der Waals surface area contributed by atoms with Gasteiger partial charge in [0.15, 0.2) is 0 Å². The van der Waals surface area contributed by atoms with Gasteiger partial charge in [0.25, 0.3) is 0 Å². The van der Waals surface area contributed by atoms with E-state index in [2.05, 4.69) is 30.8 Å². The maximum absolute atomic E-state index is 9.99. The number of nitrogens with two attached hydrogens (primary N) is 1. The summed E-state index contributed by atoms with van der Waals surface area (Å²) in [6, 6.07) is 7.77. The molecule has 2 aromatic heterocycles. The first-order valence-electron chi connectivity index (χ1n) is 6.99. The zero-order chi connectivity index (χ0) is 15.4.